The molecule has 4 heterocycles. The van der Waals surface area contributed by atoms with E-state index in [0.29, 0.717) is 5.25 Å². The lowest BCUT2D eigenvalue weighted by molar-refractivity contribution is -0.163. The molecule has 0 bridgehead atoms. The van der Waals surface area contributed by atoms with Gasteiger partial charge in [-0.2, -0.15) is 11.8 Å². The van der Waals surface area contributed by atoms with E-state index >= 15 is 0 Å². The van der Waals surface area contributed by atoms with Gasteiger partial charge in [-0.1, -0.05) is 18.2 Å². The number of hydrogen-bond acceptors (Lipinski definition) is 7. The summed E-state index contributed by atoms with van der Waals surface area (Å²) in [7, 11) is 0. The Hall–Kier alpha value is -1.19. The molecule has 0 radical (unpaired) electrons. The second-order valence-corrected chi connectivity index (χ2v) is 11.7. The highest BCUT2D eigenvalue weighted by molar-refractivity contribution is 8.14. The number of likely N-dealkylation sites (tertiary alicyclic amines) is 1. The second kappa shape index (κ2) is 8.63. The summed E-state index contributed by atoms with van der Waals surface area (Å²) in [6.07, 6.45) is 4.53. The predicted molar refractivity (Wildman–Crippen MR) is 123 cm³/mol. The number of rotatable bonds is 5. The number of aliphatic hydroxyl groups excluding tert-OH is 1. The summed E-state index contributed by atoms with van der Waals surface area (Å²) in [6.45, 7) is 4.70. The van der Waals surface area contributed by atoms with Crippen molar-refractivity contribution < 1.29 is 19.8 Å². The van der Waals surface area contributed by atoms with Crippen molar-refractivity contribution in [3.05, 3.63) is 11.3 Å². The summed E-state index contributed by atoms with van der Waals surface area (Å²) in [5.74, 6) is 0.689. The first-order chi connectivity index (χ1) is 15.0. The smallest absolute Gasteiger partial charge is 0.352 e. The monoisotopic (exact) mass is 465 g/mol. The first kappa shape index (κ1) is 21.6. The quantitative estimate of drug-likeness (QED) is 0.602. The zero-order valence-electron chi connectivity index (χ0n) is 17.9. The fourth-order valence-corrected chi connectivity index (χ4v) is 8.46. The molecule has 4 aliphatic heterocycles. The second-order valence-electron chi connectivity index (χ2n) is 9.34. The number of amidine groups is 1. The Morgan fingerprint density at radius 2 is 2.06 bits per heavy atom. The van der Waals surface area contributed by atoms with E-state index in [9.17, 15) is 19.8 Å². The summed E-state index contributed by atoms with van der Waals surface area (Å²) in [4.78, 5) is 33.3. The minimum atomic E-state index is -0.986. The van der Waals surface area contributed by atoms with Crippen LogP contribution in [0.1, 0.15) is 39.0 Å². The maximum Gasteiger partial charge on any atom is 0.352 e. The van der Waals surface area contributed by atoms with Crippen LogP contribution in [0.2, 0.25) is 0 Å². The molecular formula is C22H31N3O4S2. The average Bonchev–Trinajstić information content (AvgIpc) is 3.37. The zero-order chi connectivity index (χ0) is 21.7. The molecule has 1 aliphatic carbocycles. The summed E-state index contributed by atoms with van der Waals surface area (Å²) < 4.78 is 0. The Morgan fingerprint density at radius 1 is 1.29 bits per heavy atom. The summed E-state index contributed by atoms with van der Waals surface area (Å²) in [5, 5.41) is 21.9. The molecule has 0 spiro atoms. The fraction of sp³-hybridized carbons (Fsp3) is 0.773. The van der Waals surface area contributed by atoms with E-state index in [4.69, 9.17) is 0 Å². The van der Waals surface area contributed by atoms with Gasteiger partial charge in [0.25, 0.3) is 0 Å². The first-order valence-corrected chi connectivity index (χ1v) is 13.5. The van der Waals surface area contributed by atoms with Crippen LogP contribution in [0.15, 0.2) is 16.3 Å². The number of aliphatic hydroxyl groups is 1. The summed E-state index contributed by atoms with van der Waals surface area (Å²) >= 11 is 3.85. The normalized spacial score (nSPS) is 34.4. The lowest BCUT2D eigenvalue weighted by Gasteiger charge is -2.47. The molecule has 0 aromatic carbocycles. The Kier molecular flexibility index (Phi) is 6.03. The molecule has 0 unspecified atom stereocenters. The molecule has 1 amide bonds. The van der Waals surface area contributed by atoms with E-state index in [0.717, 1.165) is 68.8 Å². The van der Waals surface area contributed by atoms with Gasteiger partial charge in [0.15, 0.2) is 5.17 Å². The Morgan fingerprint density at radius 3 is 2.71 bits per heavy atom. The van der Waals surface area contributed by atoms with E-state index in [1.165, 1.54) is 10.1 Å². The molecule has 5 atom stereocenters. The molecule has 3 fully saturated rings. The fourth-order valence-electron chi connectivity index (χ4n) is 6.15. The number of carbonyl (C=O) groups is 2. The first-order valence-electron chi connectivity index (χ1n) is 11.5. The number of carboxylic acid groups (broad SMARTS) is 1. The van der Waals surface area contributed by atoms with E-state index < -0.39 is 18.0 Å². The van der Waals surface area contributed by atoms with Gasteiger partial charge in [-0.25, -0.2) is 4.79 Å². The van der Waals surface area contributed by atoms with Crippen LogP contribution >= 0.6 is 23.5 Å². The number of aliphatic carboxylic acids is 1. The number of piperidine rings is 1. The number of β-lactam (4-membered cyclic amide) rings is 1. The standard InChI is InChI=1S/C22H31N3O4S2/c1-12(26)16-18-15-4-2-3-13(17(15)19(21(28)29)25(18)20(16)27)11-31-14-5-8-24(9-6-14)22-23-7-10-30-22/h12-16,18,26H,2-11H2,1H3,(H,28,29)/t12-,13+,15+,16-,18-/m1/s1. The number of amides is 1. The van der Waals surface area contributed by atoms with Crippen LogP contribution in [0, 0.1) is 17.8 Å². The van der Waals surface area contributed by atoms with Crippen molar-refractivity contribution in [2.75, 3.05) is 31.1 Å². The molecule has 5 aliphatic rings. The van der Waals surface area contributed by atoms with E-state index in [2.05, 4.69) is 9.89 Å². The third-order valence-corrected chi connectivity index (χ3v) is 10.1. The predicted octanol–water partition coefficient (Wildman–Crippen LogP) is 2.26. The minimum Gasteiger partial charge on any atom is -0.477 e. The molecule has 5 rings (SSSR count). The highest BCUT2D eigenvalue weighted by atomic mass is 32.2. The van der Waals surface area contributed by atoms with Crippen molar-refractivity contribution in [3.8, 4) is 0 Å². The number of nitrogens with zero attached hydrogens (tertiary/aromatic N) is 3. The molecule has 7 nitrogen and oxygen atoms in total. The molecule has 1 saturated carbocycles. The molecule has 2 saturated heterocycles. The Bertz CT molecular complexity index is 822. The van der Waals surface area contributed by atoms with Crippen LogP contribution in [-0.4, -0.2) is 85.6 Å². The van der Waals surface area contributed by atoms with Crippen molar-refractivity contribution in [2.45, 2.75) is 56.4 Å². The SMILES string of the molecule is C[C@@H](O)[C@H]1C(=O)N2C(C(=O)O)=C3[C@H](CSC4CCN(C5=NCCS5)CC4)CCC[C@@H]3[C@H]12. The largest absolute Gasteiger partial charge is 0.477 e. The Labute approximate surface area is 191 Å². The van der Waals surface area contributed by atoms with Gasteiger partial charge in [-0.05, 0) is 44.1 Å². The molecule has 2 N–H and O–H groups in total. The summed E-state index contributed by atoms with van der Waals surface area (Å²) in [6, 6.07) is -0.158. The molecule has 31 heavy (non-hydrogen) atoms. The highest BCUT2D eigenvalue weighted by Gasteiger charge is 2.62. The maximum atomic E-state index is 12.6. The maximum absolute atomic E-state index is 12.6. The van der Waals surface area contributed by atoms with Crippen LogP contribution in [0.5, 0.6) is 0 Å². The van der Waals surface area contributed by atoms with E-state index in [1.54, 1.807) is 6.92 Å². The van der Waals surface area contributed by atoms with Crippen molar-refractivity contribution in [2.24, 2.45) is 22.7 Å². The third kappa shape index (κ3) is 3.70. The number of hydrogen-bond donors (Lipinski definition) is 2. The topological polar surface area (TPSA) is 93.4 Å². The van der Waals surface area contributed by atoms with Gasteiger partial charge >= 0.3 is 5.97 Å². The number of carbonyl (C=O) groups excluding carboxylic acids is 1. The molecule has 0 aromatic rings. The lowest BCUT2D eigenvalue weighted by atomic mass is 9.70. The van der Waals surface area contributed by atoms with Gasteiger partial charge in [0.2, 0.25) is 5.91 Å². The minimum absolute atomic E-state index is 0.0991. The highest BCUT2D eigenvalue weighted by Crippen LogP contribution is 2.54. The van der Waals surface area contributed by atoms with Crippen LogP contribution in [-0.2, 0) is 9.59 Å². The number of carboxylic acids is 1. The third-order valence-electron chi connectivity index (χ3n) is 7.56. The number of thioether (sulfide) groups is 2. The number of fused-ring (bicyclic) bond motifs is 3. The molecular weight excluding hydrogens is 434 g/mol. The average molecular weight is 466 g/mol. The number of aliphatic imine (C=N–C) groups is 1. The van der Waals surface area contributed by atoms with Crippen LogP contribution in [0.3, 0.4) is 0 Å². The lowest BCUT2D eigenvalue weighted by Crippen LogP contribution is -2.64. The molecule has 9 heteroatoms. The molecule has 170 valence electrons. The van der Waals surface area contributed by atoms with Gasteiger partial charge in [0, 0.05) is 35.8 Å². The molecule has 0 aromatic heterocycles. The van der Waals surface area contributed by atoms with Gasteiger partial charge < -0.3 is 20.0 Å². The van der Waals surface area contributed by atoms with Gasteiger partial charge in [0.05, 0.1) is 24.6 Å². The van der Waals surface area contributed by atoms with Crippen molar-refractivity contribution in [1.29, 1.82) is 0 Å². The van der Waals surface area contributed by atoms with E-state index in [1.807, 2.05) is 23.5 Å². The van der Waals surface area contributed by atoms with Gasteiger partial charge in [-0.3, -0.25) is 9.79 Å². The van der Waals surface area contributed by atoms with Crippen molar-refractivity contribution in [3.63, 3.8) is 0 Å². The van der Waals surface area contributed by atoms with Crippen LogP contribution < -0.4 is 0 Å². The Balaban J connectivity index is 1.25. The van der Waals surface area contributed by atoms with Crippen LogP contribution in [0.25, 0.3) is 0 Å². The van der Waals surface area contributed by atoms with Gasteiger partial charge in [0.1, 0.15) is 5.70 Å². The van der Waals surface area contributed by atoms with Crippen LogP contribution in [0.4, 0.5) is 0 Å². The summed E-state index contributed by atoms with van der Waals surface area (Å²) in [5.41, 5.74) is 1.22. The zero-order valence-corrected chi connectivity index (χ0v) is 19.5. The van der Waals surface area contributed by atoms with Gasteiger partial charge in [-0.15, -0.1) is 0 Å². The van der Waals surface area contributed by atoms with E-state index in [-0.39, 0.29) is 29.5 Å². The van der Waals surface area contributed by atoms with Crippen molar-refractivity contribution in [1.82, 2.24) is 9.80 Å². The van der Waals surface area contributed by atoms with Crippen molar-refractivity contribution >= 4 is 40.6 Å².